The lowest BCUT2D eigenvalue weighted by Crippen LogP contribution is -2.01. The van der Waals surface area contributed by atoms with Crippen molar-refractivity contribution in [2.45, 2.75) is 0 Å². The van der Waals surface area contributed by atoms with Gasteiger partial charge in [0, 0.05) is 13.8 Å². The highest BCUT2D eigenvalue weighted by atomic mass is 32.4. The third kappa shape index (κ3) is 3.18. The van der Waals surface area contributed by atoms with E-state index < -0.39 is 6.42 Å². The standard InChI is InChI=1S/C3H10NOPS/c1-4-6(3,7)5-2/h1-3H3,(H,4,7). The molecule has 0 saturated carbocycles. The van der Waals surface area contributed by atoms with Gasteiger partial charge in [0.1, 0.15) is 6.42 Å². The number of nitrogens with one attached hydrogen (secondary N) is 1. The van der Waals surface area contributed by atoms with Crippen molar-refractivity contribution in [3.63, 3.8) is 0 Å². The summed E-state index contributed by atoms with van der Waals surface area (Å²) in [7, 11) is 3.43. The molecule has 0 aliphatic rings. The largest absolute Gasteiger partial charge is 0.341 e. The zero-order valence-corrected chi connectivity index (χ0v) is 6.47. The fourth-order valence-corrected chi connectivity index (χ4v) is 0.274. The van der Waals surface area contributed by atoms with Crippen LogP contribution in [-0.2, 0) is 16.3 Å². The summed E-state index contributed by atoms with van der Waals surface area (Å²) in [6.07, 6.45) is -1.57. The van der Waals surface area contributed by atoms with Crippen LogP contribution in [0.15, 0.2) is 0 Å². The van der Waals surface area contributed by atoms with E-state index in [-0.39, 0.29) is 0 Å². The molecule has 0 bridgehead atoms. The molecule has 2 nitrogen and oxygen atoms in total. The van der Waals surface area contributed by atoms with Gasteiger partial charge >= 0.3 is 0 Å². The fraction of sp³-hybridized carbons (Fsp3) is 1.00. The lowest BCUT2D eigenvalue weighted by molar-refractivity contribution is 0.457. The SMILES string of the molecule is CNP(C)(=S)OC. The van der Waals surface area contributed by atoms with E-state index in [4.69, 9.17) is 16.3 Å². The van der Waals surface area contributed by atoms with Gasteiger partial charge in [0.2, 0.25) is 0 Å². The smallest absolute Gasteiger partial charge is 0.125 e. The third-order valence-electron chi connectivity index (χ3n) is 0.755. The highest BCUT2D eigenvalue weighted by Crippen LogP contribution is 2.34. The van der Waals surface area contributed by atoms with Crippen LogP contribution < -0.4 is 5.09 Å². The molecule has 1 unspecified atom stereocenters. The van der Waals surface area contributed by atoms with Gasteiger partial charge in [0.25, 0.3) is 0 Å². The maximum absolute atomic E-state index is 4.92. The molecule has 0 aromatic carbocycles. The number of hydrogen-bond acceptors (Lipinski definition) is 2. The molecule has 0 spiro atoms. The Morgan fingerprint density at radius 1 is 1.71 bits per heavy atom. The second-order valence-electron chi connectivity index (χ2n) is 1.25. The van der Waals surface area contributed by atoms with Crippen LogP contribution in [0.4, 0.5) is 0 Å². The van der Waals surface area contributed by atoms with Crippen molar-refractivity contribution in [3.8, 4) is 0 Å². The van der Waals surface area contributed by atoms with E-state index in [0.717, 1.165) is 0 Å². The Bertz CT molecular complexity index is 86.9. The Labute approximate surface area is 49.4 Å². The molecule has 0 saturated heterocycles. The highest BCUT2D eigenvalue weighted by molar-refractivity contribution is 8.10. The molecule has 0 aromatic rings. The van der Waals surface area contributed by atoms with Gasteiger partial charge < -0.3 is 4.52 Å². The minimum absolute atomic E-state index is 1.57. The summed E-state index contributed by atoms with van der Waals surface area (Å²) in [5.41, 5.74) is 0. The summed E-state index contributed by atoms with van der Waals surface area (Å²) in [5.74, 6) is 0. The minimum Gasteiger partial charge on any atom is -0.341 e. The summed E-state index contributed by atoms with van der Waals surface area (Å²) < 4.78 is 4.90. The van der Waals surface area contributed by atoms with Gasteiger partial charge in [-0.3, -0.25) is 5.09 Å². The van der Waals surface area contributed by atoms with Gasteiger partial charge in [-0.1, -0.05) is 11.8 Å². The van der Waals surface area contributed by atoms with Crippen molar-refractivity contribution in [2.75, 3.05) is 20.8 Å². The monoisotopic (exact) mass is 139 g/mol. The van der Waals surface area contributed by atoms with Crippen LogP contribution in [0.3, 0.4) is 0 Å². The van der Waals surface area contributed by atoms with Crippen molar-refractivity contribution in [2.24, 2.45) is 0 Å². The maximum atomic E-state index is 4.92. The highest BCUT2D eigenvalue weighted by Gasteiger charge is 1.99. The van der Waals surface area contributed by atoms with Crippen LogP contribution in [0, 0.1) is 0 Å². The van der Waals surface area contributed by atoms with Crippen molar-refractivity contribution in [1.82, 2.24) is 5.09 Å². The Morgan fingerprint density at radius 2 is 2.14 bits per heavy atom. The molecule has 44 valence electrons. The molecule has 0 fully saturated rings. The molecule has 4 heteroatoms. The lowest BCUT2D eigenvalue weighted by atomic mass is 11.6. The van der Waals surface area contributed by atoms with E-state index in [0.29, 0.717) is 0 Å². The van der Waals surface area contributed by atoms with E-state index >= 15 is 0 Å². The van der Waals surface area contributed by atoms with Crippen molar-refractivity contribution in [3.05, 3.63) is 0 Å². The first-order chi connectivity index (χ1) is 3.12. The Hall–Kier alpha value is 0.570. The first-order valence-corrected chi connectivity index (χ1v) is 5.11. The Morgan fingerprint density at radius 3 is 2.14 bits per heavy atom. The maximum Gasteiger partial charge on any atom is 0.125 e. The molecule has 0 rings (SSSR count). The average molecular weight is 139 g/mol. The summed E-state index contributed by atoms with van der Waals surface area (Å²) in [4.78, 5) is 0. The first-order valence-electron chi connectivity index (χ1n) is 1.94. The molecule has 1 atom stereocenters. The molecular formula is C3H10NOPS. The number of rotatable bonds is 2. The molecule has 0 radical (unpaired) electrons. The Balaban J connectivity index is 3.61. The van der Waals surface area contributed by atoms with E-state index in [1.807, 2.05) is 13.7 Å². The van der Waals surface area contributed by atoms with Gasteiger partial charge in [-0.2, -0.15) is 0 Å². The Kier molecular flexibility index (Phi) is 3.00. The molecule has 7 heavy (non-hydrogen) atoms. The molecule has 0 aromatic heterocycles. The van der Waals surface area contributed by atoms with Gasteiger partial charge in [0.15, 0.2) is 0 Å². The predicted molar refractivity (Wildman–Crippen MR) is 36.3 cm³/mol. The predicted octanol–water partition coefficient (Wildman–Crippen LogP) is 0.791. The lowest BCUT2D eigenvalue weighted by Gasteiger charge is -2.10. The normalized spacial score (nSPS) is 18.7. The molecular weight excluding hydrogens is 129 g/mol. The number of hydrogen-bond donors (Lipinski definition) is 1. The van der Waals surface area contributed by atoms with Gasteiger partial charge in [0.05, 0.1) is 0 Å². The van der Waals surface area contributed by atoms with Crippen molar-refractivity contribution in [1.29, 1.82) is 0 Å². The summed E-state index contributed by atoms with van der Waals surface area (Å²) in [5, 5.41) is 2.89. The van der Waals surface area contributed by atoms with Gasteiger partial charge in [-0.15, -0.1) is 0 Å². The topological polar surface area (TPSA) is 21.3 Å². The zero-order chi connectivity index (χ0) is 5.91. The summed E-state index contributed by atoms with van der Waals surface area (Å²) in [6.45, 7) is 1.89. The van der Waals surface area contributed by atoms with Gasteiger partial charge in [-0.05, 0) is 7.05 Å². The van der Waals surface area contributed by atoms with Crippen LogP contribution in [-0.4, -0.2) is 20.8 Å². The van der Waals surface area contributed by atoms with Crippen LogP contribution in [0.1, 0.15) is 0 Å². The van der Waals surface area contributed by atoms with E-state index in [1.165, 1.54) is 0 Å². The molecule has 0 aliphatic heterocycles. The second-order valence-corrected chi connectivity index (χ2v) is 5.85. The van der Waals surface area contributed by atoms with Crippen LogP contribution in [0.25, 0.3) is 0 Å². The third-order valence-corrected chi connectivity index (χ3v) is 3.26. The van der Waals surface area contributed by atoms with Gasteiger partial charge in [-0.25, -0.2) is 0 Å². The van der Waals surface area contributed by atoms with Crippen LogP contribution in [0.2, 0.25) is 0 Å². The quantitative estimate of drug-likeness (QED) is 0.571. The van der Waals surface area contributed by atoms with Crippen LogP contribution >= 0.6 is 6.42 Å². The van der Waals surface area contributed by atoms with E-state index in [1.54, 1.807) is 7.11 Å². The second kappa shape index (κ2) is 2.78. The van der Waals surface area contributed by atoms with E-state index in [2.05, 4.69) is 5.09 Å². The summed E-state index contributed by atoms with van der Waals surface area (Å²) >= 11 is 4.92. The first kappa shape index (κ1) is 7.57. The van der Waals surface area contributed by atoms with Crippen LogP contribution in [0.5, 0.6) is 0 Å². The van der Waals surface area contributed by atoms with Crippen molar-refractivity contribution < 1.29 is 4.52 Å². The zero-order valence-electron chi connectivity index (χ0n) is 4.76. The molecule has 0 aliphatic carbocycles. The molecule has 0 heterocycles. The van der Waals surface area contributed by atoms with Crippen molar-refractivity contribution >= 4 is 18.2 Å². The van der Waals surface area contributed by atoms with E-state index in [9.17, 15) is 0 Å². The summed E-state index contributed by atoms with van der Waals surface area (Å²) in [6, 6.07) is 0. The fourth-order valence-electron chi connectivity index (χ4n) is 0.0913. The average Bonchev–Trinajstić information content (AvgIpc) is 1.68. The molecule has 1 N–H and O–H groups in total. The minimum atomic E-state index is -1.57. The molecule has 0 amide bonds.